The molecule has 0 saturated carbocycles. The summed E-state index contributed by atoms with van der Waals surface area (Å²) in [6.07, 6.45) is -2.40. The molecule has 2 nitrogen and oxygen atoms in total. The summed E-state index contributed by atoms with van der Waals surface area (Å²) in [5, 5.41) is 2.71. The van der Waals surface area contributed by atoms with E-state index in [1.54, 1.807) is 18.2 Å². The summed E-state index contributed by atoms with van der Waals surface area (Å²) in [4.78, 5) is 0. The van der Waals surface area contributed by atoms with E-state index in [2.05, 4.69) is 21.2 Å². The molecule has 1 atom stereocenters. The molecule has 84 valence electrons. The first-order chi connectivity index (χ1) is 7.04. The van der Waals surface area contributed by atoms with Crippen molar-refractivity contribution in [3.05, 3.63) is 22.7 Å². The predicted octanol–water partition coefficient (Wildman–Crippen LogP) is 3.52. The molecule has 5 heteroatoms. The molecule has 0 amide bonds. The van der Waals surface area contributed by atoms with Crippen LogP contribution in [0.4, 0.5) is 14.5 Å². The average molecular weight is 280 g/mol. The summed E-state index contributed by atoms with van der Waals surface area (Å²) < 4.78 is 30.4. The van der Waals surface area contributed by atoms with Crippen LogP contribution in [-0.4, -0.2) is 19.6 Å². The average Bonchev–Trinajstić information content (AvgIpc) is 2.21. The van der Waals surface area contributed by atoms with E-state index in [0.29, 0.717) is 11.4 Å². The quantitative estimate of drug-likeness (QED) is 0.911. The highest BCUT2D eigenvalue weighted by atomic mass is 79.9. The van der Waals surface area contributed by atoms with Crippen LogP contribution in [0, 0.1) is 0 Å². The summed E-state index contributed by atoms with van der Waals surface area (Å²) in [6, 6.07) is 4.28. The molecular weight excluding hydrogens is 268 g/mol. The van der Waals surface area contributed by atoms with Gasteiger partial charge in [0.15, 0.2) is 0 Å². The van der Waals surface area contributed by atoms with Gasteiger partial charge in [0.1, 0.15) is 5.75 Å². The molecule has 15 heavy (non-hydrogen) atoms. The summed E-state index contributed by atoms with van der Waals surface area (Å²) in [5.74, 6) is 0.627. The summed E-state index contributed by atoms with van der Waals surface area (Å²) in [5.41, 5.74) is 0.599. The molecule has 0 aromatic heterocycles. The van der Waals surface area contributed by atoms with Crippen molar-refractivity contribution in [1.29, 1.82) is 0 Å². The largest absolute Gasteiger partial charge is 0.497 e. The van der Waals surface area contributed by atoms with Crippen LogP contribution in [0.3, 0.4) is 0 Å². The maximum atomic E-state index is 12.3. The number of rotatable bonds is 4. The van der Waals surface area contributed by atoms with Crippen LogP contribution in [0.1, 0.15) is 6.92 Å². The number of ether oxygens (including phenoxy) is 1. The highest BCUT2D eigenvalue weighted by Crippen LogP contribution is 2.28. The first-order valence-electron chi connectivity index (χ1n) is 4.43. The Bertz CT molecular complexity index is 333. The zero-order valence-corrected chi connectivity index (χ0v) is 10.0. The fourth-order valence-electron chi connectivity index (χ4n) is 1.05. The number of methoxy groups -OCH3 is 1. The lowest BCUT2D eigenvalue weighted by molar-refractivity contribution is 0.130. The fourth-order valence-corrected chi connectivity index (χ4v) is 1.41. The highest BCUT2D eigenvalue weighted by Gasteiger charge is 2.15. The maximum Gasteiger partial charge on any atom is 0.258 e. The molecule has 0 fully saturated rings. The molecule has 0 aliphatic rings. The van der Waals surface area contributed by atoms with Crippen LogP contribution in [0.5, 0.6) is 5.75 Å². The van der Waals surface area contributed by atoms with E-state index in [-0.39, 0.29) is 0 Å². The monoisotopic (exact) mass is 279 g/mol. The Morgan fingerprint density at radius 1 is 1.40 bits per heavy atom. The second kappa shape index (κ2) is 5.30. The van der Waals surface area contributed by atoms with Gasteiger partial charge in [0.05, 0.1) is 18.8 Å². The van der Waals surface area contributed by atoms with Crippen LogP contribution < -0.4 is 10.1 Å². The molecule has 0 bridgehead atoms. The van der Waals surface area contributed by atoms with Crippen molar-refractivity contribution in [2.24, 2.45) is 0 Å². The zero-order valence-electron chi connectivity index (χ0n) is 8.43. The van der Waals surface area contributed by atoms with Crippen LogP contribution >= 0.6 is 15.9 Å². The minimum Gasteiger partial charge on any atom is -0.497 e. The Hall–Kier alpha value is -0.840. The van der Waals surface area contributed by atoms with Gasteiger partial charge in [-0.15, -0.1) is 0 Å². The van der Waals surface area contributed by atoms with Crippen molar-refractivity contribution in [2.45, 2.75) is 19.4 Å². The van der Waals surface area contributed by atoms with Crippen molar-refractivity contribution in [3.63, 3.8) is 0 Å². The zero-order chi connectivity index (χ0) is 11.4. The molecule has 0 aliphatic heterocycles. The second-order valence-electron chi connectivity index (χ2n) is 3.11. The Labute approximate surface area is 95.8 Å². The van der Waals surface area contributed by atoms with Crippen LogP contribution in [0.15, 0.2) is 22.7 Å². The van der Waals surface area contributed by atoms with E-state index in [9.17, 15) is 8.78 Å². The first-order valence-corrected chi connectivity index (χ1v) is 5.22. The third kappa shape index (κ3) is 3.34. The minimum atomic E-state index is -2.40. The van der Waals surface area contributed by atoms with Gasteiger partial charge in [0, 0.05) is 10.5 Å². The number of hydrogen-bond acceptors (Lipinski definition) is 2. The minimum absolute atomic E-state index is 0.599. The van der Waals surface area contributed by atoms with Gasteiger partial charge in [0.2, 0.25) is 0 Å². The molecule has 1 unspecified atom stereocenters. The molecule has 1 aromatic carbocycles. The van der Waals surface area contributed by atoms with E-state index in [1.807, 2.05) is 0 Å². The predicted molar refractivity (Wildman–Crippen MR) is 59.8 cm³/mol. The SMILES string of the molecule is COc1ccc(Br)c(NC(C)C(F)F)c1. The number of nitrogens with one attached hydrogen (secondary N) is 1. The normalized spacial score (nSPS) is 12.7. The van der Waals surface area contributed by atoms with Gasteiger partial charge >= 0.3 is 0 Å². The summed E-state index contributed by atoms with van der Waals surface area (Å²) >= 11 is 3.27. The number of halogens is 3. The van der Waals surface area contributed by atoms with E-state index >= 15 is 0 Å². The van der Waals surface area contributed by atoms with Gasteiger partial charge in [-0.05, 0) is 35.0 Å². The first kappa shape index (κ1) is 12.2. The summed E-state index contributed by atoms with van der Waals surface area (Å²) in [7, 11) is 1.53. The number of alkyl halides is 2. The van der Waals surface area contributed by atoms with Gasteiger partial charge < -0.3 is 10.1 Å². The third-order valence-electron chi connectivity index (χ3n) is 1.93. The van der Waals surface area contributed by atoms with E-state index in [0.717, 1.165) is 4.47 Å². The highest BCUT2D eigenvalue weighted by molar-refractivity contribution is 9.10. The molecule has 0 spiro atoms. The lowest BCUT2D eigenvalue weighted by Crippen LogP contribution is -2.23. The molecule has 1 rings (SSSR count). The molecule has 0 radical (unpaired) electrons. The number of anilines is 1. The molecule has 1 N–H and O–H groups in total. The topological polar surface area (TPSA) is 21.3 Å². The lowest BCUT2D eigenvalue weighted by atomic mass is 10.2. The van der Waals surface area contributed by atoms with Crippen LogP contribution in [0.2, 0.25) is 0 Å². The van der Waals surface area contributed by atoms with E-state index in [4.69, 9.17) is 4.74 Å². The van der Waals surface area contributed by atoms with Crippen molar-refractivity contribution < 1.29 is 13.5 Å². The van der Waals surface area contributed by atoms with Crippen molar-refractivity contribution >= 4 is 21.6 Å². The molecule has 1 aromatic rings. The Balaban J connectivity index is 2.83. The van der Waals surface area contributed by atoms with E-state index < -0.39 is 12.5 Å². The van der Waals surface area contributed by atoms with Crippen LogP contribution in [0.25, 0.3) is 0 Å². The lowest BCUT2D eigenvalue weighted by Gasteiger charge is -2.16. The fraction of sp³-hybridized carbons (Fsp3) is 0.400. The van der Waals surface area contributed by atoms with Gasteiger partial charge in [-0.25, -0.2) is 8.78 Å². The molecule has 0 aliphatic carbocycles. The summed E-state index contributed by atoms with van der Waals surface area (Å²) in [6.45, 7) is 1.43. The molecule has 0 heterocycles. The van der Waals surface area contributed by atoms with Crippen molar-refractivity contribution in [2.75, 3.05) is 12.4 Å². The Morgan fingerprint density at radius 3 is 2.60 bits per heavy atom. The molecule has 0 saturated heterocycles. The smallest absolute Gasteiger partial charge is 0.258 e. The van der Waals surface area contributed by atoms with Gasteiger partial charge in [0.25, 0.3) is 6.43 Å². The van der Waals surface area contributed by atoms with Crippen molar-refractivity contribution in [1.82, 2.24) is 0 Å². The van der Waals surface area contributed by atoms with E-state index in [1.165, 1.54) is 14.0 Å². The number of benzene rings is 1. The molecular formula is C10H12BrF2NO. The third-order valence-corrected chi connectivity index (χ3v) is 2.63. The Morgan fingerprint density at radius 2 is 2.07 bits per heavy atom. The van der Waals surface area contributed by atoms with Gasteiger partial charge in [-0.1, -0.05) is 0 Å². The maximum absolute atomic E-state index is 12.3. The second-order valence-corrected chi connectivity index (χ2v) is 3.97. The van der Waals surface area contributed by atoms with Gasteiger partial charge in [-0.2, -0.15) is 0 Å². The van der Waals surface area contributed by atoms with Gasteiger partial charge in [-0.3, -0.25) is 0 Å². The number of hydrogen-bond donors (Lipinski definition) is 1. The standard InChI is InChI=1S/C10H12BrF2NO/c1-6(10(12)13)14-9-5-7(15-2)3-4-8(9)11/h3-6,10,14H,1-2H3. The Kier molecular flexibility index (Phi) is 4.32. The van der Waals surface area contributed by atoms with Crippen LogP contribution in [-0.2, 0) is 0 Å². The van der Waals surface area contributed by atoms with Crippen molar-refractivity contribution in [3.8, 4) is 5.75 Å².